The van der Waals surface area contributed by atoms with E-state index >= 15 is 0 Å². The van der Waals surface area contributed by atoms with Crippen LogP contribution in [-0.4, -0.2) is 38.6 Å². The first-order valence-corrected chi connectivity index (χ1v) is 9.13. The summed E-state index contributed by atoms with van der Waals surface area (Å²) in [5.41, 5.74) is 4.72. The van der Waals surface area contributed by atoms with Crippen LogP contribution in [0.5, 0.6) is 5.75 Å². The number of aromatic carboxylic acids is 1. The lowest BCUT2D eigenvalue weighted by molar-refractivity contribution is 0.0697. The van der Waals surface area contributed by atoms with Gasteiger partial charge in [-0.05, 0) is 37.3 Å². The molecule has 25 heavy (non-hydrogen) atoms. The number of nitrogens with one attached hydrogen (secondary N) is 1. The molecule has 7 nitrogen and oxygen atoms in total. The maximum absolute atomic E-state index is 11.7. The van der Waals surface area contributed by atoms with E-state index in [2.05, 4.69) is 10.5 Å². The number of anilines is 1. The molecular formula is C17H18N2O5S. The predicted octanol–water partition coefficient (Wildman–Crippen LogP) is 2.63. The normalized spacial score (nSPS) is 11.9. The van der Waals surface area contributed by atoms with Crippen LogP contribution in [0.3, 0.4) is 0 Å². The molecule has 2 rings (SSSR count). The zero-order valence-corrected chi connectivity index (χ0v) is 14.8. The zero-order chi connectivity index (χ0) is 18.6. The van der Waals surface area contributed by atoms with Crippen LogP contribution in [0.4, 0.5) is 5.69 Å². The van der Waals surface area contributed by atoms with Crippen molar-refractivity contribution in [3.8, 4) is 5.75 Å². The Labute approximate surface area is 145 Å². The summed E-state index contributed by atoms with van der Waals surface area (Å²) < 4.78 is 28.6. The molecule has 0 unspecified atom stereocenters. The number of hydrogen-bond donors (Lipinski definition) is 2. The van der Waals surface area contributed by atoms with Gasteiger partial charge in [0.05, 0.1) is 24.1 Å². The minimum absolute atomic E-state index is 0.105. The summed E-state index contributed by atoms with van der Waals surface area (Å²) in [5.74, 6) is -0.784. The van der Waals surface area contributed by atoms with Crippen LogP contribution in [0.25, 0.3) is 0 Å². The van der Waals surface area contributed by atoms with Crippen molar-refractivity contribution in [2.75, 3.05) is 18.8 Å². The third-order valence-electron chi connectivity index (χ3n) is 3.44. The lowest BCUT2D eigenvalue weighted by Crippen LogP contribution is -2.05. The highest BCUT2D eigenvalue weighted by molar-refractivity contribution is 7.90. The van der Waals surface area contributed by atoms with Gasteiger partial charge in [0.25, 0.3) is 0 Å². The number of carbonyl (C=O) groups is 1. The number of carboxylic acid groups (broad SMARTS) is 1. The molecule has 0 amide bonds. The fraction of sp³-hybridized carbons (Fsp3) is 0.176. The average molecular weight is 362 g/mol. The largest absolute Gasteiger partial charge is 0.495 e. The summed E-state index contributed by atoms with van der Waals surface area (Å²) in [6.07, 6.45) is 1.11. The van der Waals surface area contributed by atoms with Crippen LogP contribution in [0.1, 0.15) is 22.8 Å². The number of ether oxygens (including phenoxy) is 1. The molecule has 0 saturated heterocycles. The molecule has 2 aromatic rings. The van der Waals surface area contributed by atoms with Gasteiger partial charge in [-0.2, -0.15) is 5.10 Å². The highest BCUT2D eigenvalue weighted by Crippen LogP contribution is 2.25. The van der Waals surface area contributed by atoms with E-state index in [1.165, 1.54) is 25.3 Å². The van der Waals surface area contributed by atoms with Crippen molar-refractivity contribution >= 4 is 27.2 Å². The van der Waals surface area contributed by atoms with Gasteiger partial charge in [-0.3, -0.25) is 5.43 Å². The molecule has 0 radical (unpaired) electrons. The molecule has 8 heteroatoms. The number of benzene rings is 2. The highest BCUT2D eigenvalue weighted by atomic mass is 32.2. The molecular weight excluding hydrogens is 344 g/mol. The minimum atomic E-state index is -3.39. The fourth-order valence-corrected chi connectivity index (χ4v) is 2.96. The monoisotopic (exact) mass is 362 g/mol. The van der Waals surface area contributed by atoms with Crippen LogP contribution in [0.2, 0.25) is 0 Å². The van der Waals surface area contributed by atoms with Crippen molar-refractivity contribution in [2.45, 2.75) is 11.8 Å². The Balaban J connectivity index is 2.28. The van der Waals surface area contributed by atoms with E-state index in [0.29, 0.717) is 17.0 Å². The van der Waals surface area contributed by atoms with E-state index in [0.717, 1.165) is 6.26 Å². The van der Waals surface area contributed by atoms with Crippen molar-refractivity contribution < 1.29 is 23.1 Å². The number of rotatable bonds is 6. The summed E-state index contributed by atoms with van der Waals surface area (Å²) in [4.78, 5) is 11.1. The molecule has 0 bridgehead atoms. The number of sulfone groups is 1. The molecule has 132 valence electrons. The Bertz CT molecular complexity index is 936. The Morgan fingerprint density at radius 3 is 2.48 bits per heavy atom. The Hall–Kier alpha value is -2.87. The standard InChI is InChI=1S/C17H18N2O5S/c1-11(18-19-14-6-4-5-13(9-14)17(20)21)12-7-8-16(25(3,22)23)15(10-12)24-2/h4-10,19H,1-3H3,(H,20,21). The summed E-state index contributed by atoms with van der Waals surface area (Å²) in [6.45, 7) is 1.74. The summed E-state index contributed by atoms with van der Waals surface area (Å²) >= 11 is 0. The van der Waals surface area contributed by atoms with Crippen molar-refractivity contribution in [1.82, 2.24) is 0 Å². The number of hydrazone groups is 1. The van der Waals surface area contributed by atoms with E-state index in [4.69, 9.17) is 9.84 Å². The third kappa shape index (κ3) is 4.57. The van der Waals surface area contributed by atoms with Crippen LogP contribution in [0, 0.1) is 0 Å². The van der Waals surface area contributed by atoms with Gasteiger partial charge in [0, 0.05) is 11.8 Å². The minimum Gasteiger partial charge on any atom is -0.495 e. The highest BCUT2D eigenvalue weighted by Gasteiger charge is 2.15. The van der Waals surface area contributed by atoms with Gasteiger partial charge in [-0.1, -0.05) is 12.1 Å². The lowest BCUT2D eigenvalue weighted by Gasteiger charge is -2.10. The maximum atomic E-state index is 11.7. The van der Waals surface area contributed by atoms with Crippen molar-refractivity contribution in [1.29, 1.82) is 0 Å². The van der Waals surface area contributed by atoms with E-state index in [1.54, 1.807) is 31.2 Å². The molecule has 0 aliphatic rings. The molecule has 0 aliphatic carbocycles. The second kappa shape index (κ2) is 7.35. The lowest BCUT2D eigenvalue weighted by atomic mass is 10.1. The smallest absolute Gasteiger partial charge is 0.335 e. The van der Waals surface area contributed by atoms with Gasteiger partial charge in [0.1, 0.15) is 10.6 Å². The first-order chi connectivity index (χ1) is 11.7. The molecule has 0 aromatic heterocycles. The number of nitrogens with zero attached hydrogens (tertiary/aromatic N) is 1. The third-order valence-corrected chi connectivity index (χ3v) is 4.58. The SMILES string of the molecule is COc1cc(C(C)=NNc2cccc(C(=O)O)c2)ccc1S(C)(=O)=O. The molecule has 0 saturated carbocycles. The van der Waals surface area contributed by atoms with E-state index in [1.807, 2.05) is 0 Å². The molecule has 2 aromatic carbocycles. The second-order valence-corrected chi connectivity index (χ2v) is 7.32. The number of hydrogen-bond acceptors (Lipinski definition) is 6. The molecule has 0 heterocycles. The van der Waals surface area contributed by atoms with E-state index in [9.17, 15) is 13.2 Å². The van der Waals surface area contributed by atoms with Crippen LogP contribution in [-0.2, 0) is 9.84 Å². The van der Waals surface area contributed by atoms with E-state index in [-0.39, 0.29) is 16.2 Å². The number of carboxylic acids is 1. The number of methoxy groups -OCH3 is 1. The first kappa shape index (κ1) is 18.5. The van der Waals surface area contributed by atoms with Crippen molar-refractivity contribution in [3.63, 3.8) is 0 Å². The maximum Gasteiger partial charge on any atom is 0.335 e. The second-order valence-electron chi connectivity index (χ2n) is 5.33. The Morgan fingerprint density at radius 1 is 1.16 bits per heavy atom. The topological polar surface area (TPSA) is 105 Å². The van der Waals surface area contributed by atoms with Crippen LogP contribution < -0.4 is 10.2 Å². The van der Waals surface area contributed by atoms with Crippen LogP contribution in [0.15, 0.2) is 52.5 Å². The van der Waals surface area contributed by atoms with Gasteiger partial charge in [-0.15, -0.1) is 0 Å². The Kier molecular flexibility index (Phi) is 5.43. The molecule has 0 aliphatic heterocycles. The van der Waals surface area contributed by atoms with Crippen molar-refractivity contribution in [3.05, 3.63) is 53.6 Å². The average Bonchev–Trinajstić information content (AvgIpc) is 2.58. The van der Waals surface area contributed by atoms with Gasteiger partial charge in [0.15, 0.2) is 9.84 Å². The fourth-order valence-electron chi connectivity index (χ4n) is 2.13. The first-order valence-electron chi connectivity index (χ1n) is 7.24. The molecule has 0 spiro atoms. The zero-order valence-electron chi connectivity index (χ0n) is 14.0. The predicted molar refractivity (Wildman–Crippen MR) is 95.3 cm³/mol. The molecule has 2 N–H and O–H groups in total. The van der Waals surface area contributed by atoms with Gasteiger partial charge in [-0.25, -0.2) is 13.2 Å². The summed E-state index contributed by atoms with van der Waals surface area (Å²) in [6, 6.07) is 10.9. The molecule has 0 atom stereocenters. The summed E-state index contributed by atoms with van der Waals surface area (Å²) in [5, 5.41) is 13.2. The quantitative estimate of drug-likeness (QED) is 0.604. The van der Waals surface area contributed by atoms with E-state index < -0.39 is 15.8 Å². The summed E-state index contributed by atoms with van der Waals surface area (Å²) in [7, 11) is -1.99. The van der Waals surface area contributed by atoms with Crippen molar-refractivity contribution in [2.24, 2.45) is 5.10 Å². The van der Waals surface area contributed by atoms with Crippen LogP contribution >= 0.6 is 0 Å². The van der Waals surface area contributed by atoms with Gasteiger partial charge < -0.3 is 9.84 Å². The van der Waals surface area contributed by atoms with Gasteiger partial charge >= 0.3 is 5.97 Å². The van der Waals surface area contributed by atoms with Gasteiger partial charge in [0.2, 0.25) is 0 Å². The Morgan fingerprint density at radius 2 is 1.88 bits per heavy atom. The molecule has 0 fully saturated rings.